The first-order valence-corrected chi connectivity index (χ1v) is 6.15. The van der Waals surface area contributed by atoms with E-state index in [2.05, 4.69) is 0 Å². The van der Waals surface area contributed by atoms with Crippen LogP contribution in [-0.4, -0.2) is 49.7 Å². The Bertz CT molecular complexity index is 267. The fourth-order valence-electron chi connectivity index (χ4n) is 2.00. The van der Waals surface area contributed by atoms with Crippen LogP contribution in [0, 0.1) is 0 Å². The summed E-state index contributed by atoms with van der Waals surface area (Å²) in [6, 6.07) is -0.390. The predicted molar refractivity (Wildman–Crippen MR) is 62.5 cm³/mol. The van der Waals surface area contributed by atoms with Gasteiger partial charge < -0.3 is 14.4 Å². The van der Waals surface area contributed by atoms with Crippen molar-refractivity contribution in [3.8, 4) is 0 Å². The maximum absolute atomic E-state index is 11.9. The minimum atomic E-state index is -0.390. The van der Waals surface area contributed by atoms with Crippen molar-refractivity contribution in [3.63, 3.8) is 0 Å². The van der Waals surface area contributed by atoms with E-state index in [0.717, 1.165) is 12.8 Å². The number of amides is 1. The normalized spacial score (nSPS) is 19.4. The first-order valence-electron chi connectivity index (χ1n) is 6.15. The van der Waals surface area contributed by atoms with Crippen molar-refractivity contribution < 1.29 is 19.1 Å². The quantitative estimate of drug-likeness (QED) is 0.515. The van der Waals surface area contributed by atoms with Crippen molar-refractivity contribution in [2.45, 2.75) is 38.6 Å². The van der Waals surface area contributed by atoms with E-state index in [1.807, 2.05) is 6.92 Å². The zero-order valence-corrected chi connectivity index (χ0v) is 10.6. The third-order valence-electron chi connectivity index (χ3n) is 2.86. The van der Waals surface area contributed by atoms with Crippen molar-refractivity contribution in [1.82, 2.24) is 4.90 Å². The number of carbonyl (C=O) groups is 2. The molecule has 1 unspecified atom stereocenters. The van der Waals surface area contributed by atoms with E-state index in [1.165, 1.54) is 7.11 Å². The minimum absolute atomic E-state index is 0.0194. The van der Waals surface area contributed by atoms with Gasteiger partial charge in [-0.3, -0.25) is 4.79 Å². The number of rotatable bonds is 6. The molecule has 98 valence electrons. The number of ether oxygens (including phenoxy) is 2. The van der Waals surface area contributed by atoms with Gasteiger partial charge in [0.05, 0.1) is 20.1 Å². The van der Waals surface area contributed by atoms with Gasteiger partial charge in [-0.1, -0.05) is 6.92 Å². The van der Waals surface area contributed by atoms with Gasteiger partial charge in [0.15, 0.2) is 0 Å². The molecule has 0 N–H and O–H groups in total. The molecule has 1 aliphatic rings. The number of carbonyl (C=O) groups excluding carboxylic acids is 2. The van der Waals surface area contributed by atoms with Gasteiger partial charge in [0.25, 0.3) is 0 Å². The largest absolute Gasteiger partial charge is 0.467 e. The molecule has 0 spiro atoms. The van der Waals surface area contributed by atoms with E-state index in [4.69, 9.17) is 9.47 Å². The van der Waals surface area contributed by atoms with E-state index < -0.39 is 6.04 Å². The molecule has 0 aromatic carbocycles. The van der Waals surface area contributed by atoms with Gasteiger partial charge in [-0.15, -0.1) is 0 Å². The molecule has 0 aliphatic carbocycles. The molecule has 0 aromatic heterocycles. The molecule has 0 bridgehead atoms. The lowest BCUT2D eigenvalue weighted by atomic mass is 10.2. The van der Waals surface area contributed by atoms with Gasteiger partial charge in [0.2, 0.25) is 5.91 Å². The number of hydrogen-bond acceptors (Lipinski definition) is 4. The second-order valence-electron chi connectivity index (χ2n) is 4.13. The van der Waals surface area contributed by atoms with Crippen LogP contribution in [0.5, 0.6) is 0 Å². The van der Waals surface area contributed by atoms with Gasteiger partial charge >= 0.3 is 5.97 Å². The molecule has 1 amide bonds. The lowest BCUT2D eigenvalue weighted by Gasteiger charge is -2.22. The monoisotopic (exact) mass is 243 g/mol. The van der Waals surface area contributed by atoms with Crippen molar-refractivity contribution in [3.05, 3.63) is 0 Å². The standard InChI is InChI=1S/C12H21NO4/c1-3-8-17-9-6-11(14)13-7-4-5-10(13)12(15)16-2/h10H,3-9H2,1-2H3. The Morgan fingerprint density at radius 3 is 2.76 bits per heavy atom. The van der Waals surface area contributed by atoms with Crippen LogP contribution in [-0.2, 0) is 19.1 Å². The molecular formula is C12H21NO4. The Balaban J connectivity index is 2.37. The summed E-state index contributed by atoms with van der Waals surface area (Å²) in [7, 11) is 1.35. The summed E-state index contributed by atoms with van der Waals surface area (Å²) < 4.78 is 9.96. The maximum atomic E-state index is 11.9. The van der Waals surface area contributed by atoms with Gasteiger partial charge in [-0.05, 0) is 19.3 Å². The molecular weight excluding hydrogens is 222 g/mol. The van der Waals surface area contributed by atoms with Crippen LogP contribution < -0.4 is 0 Å². The van der Waals surface area contributed by atoms with Crippen LogP contribution in [0.25, 0.3) is 0 Å². The highest BCUT2D eigenvalue weighted by Crippen LogP contribution is 2.19. The number of nitrogens with zero attached hydrogens (tertiary/aromatic N) is 1. The van der Waals surface area contributed by atoms with Crippen LogP contribution in [0.2, 0.25) is 0 Å². The lowest BCUT2D eigenvalue weighted by molar-refractivity contribution is -0.151. The molecule has 1 atom stereocenters. The number of likely N-dealkylation sites (tertiary alicyclic amines) is 1. The average molecular weight is 243 g/mol. The first kappa shape index (κ1) is 14.0. The van der Waals surface area contributed by atoms with E-state index in [0.29, 0.717) is 32.6 Å². The fraction of sp³-hybridized carbons (Fsp3) is 0.833. The smallest absolute Gasteiger partial charge is 0.328 e. The topological polar surface area (TPSA) is 55.8 Å². The number of methoxy groups -OCH3 is 1. The summed E-state index contributed by atoms with van der Waals surface area (Å²) in [6.07, 6.45) is 2.85. The minimum Gasteiger partial charge on any atom is -0.467 e. The molecule has 1 fully saturated rings. The Hall–Kier alpha value is -1.10. The van der Waals surface area contributed by atoms with Crippen molar-refractivity contribution in [1.29, 1.82) is 0 Å². The summed E-state index contributed by atoms with van der Waals surface area (Å²) in [6.45, 7) is 3.77. The van der Waals surface area contributed by atoms with E-state index in [1.54, 1.807) is 4.90 Å². The van der Waals surface area contributed by atoms with Crippen LogP contribution in [0.4, 0.5) is 0 Å². The average Bonchev–Trinajstić information content (AvgIpc) is 2.82. The Kier molecular flexibility index (Phi) is 5.97. The van der Waals surface area contributed by atoms with Crippen molar-refractivity contribution in [2.24, 2.45) is 0 Å². The molecule has 1 saturated heterocycles. The van der Waals surface area contributed by atoms with Crippen LogP contribution in [0.3, 0.4) is 0 Å². The fourth-order valence-corrected chi connectivity index (χ4v) is 2.00. The molecule has 5 nitrogen and oxygen atoms in total. The number of esters is 1. The van der Waals surface area contributed by atoms with Gasteiger partial charge in [0, 0.05) is 13.2 Å². The molecule has 1 aliphatic heterocycles. The highest BCUT2D eigenvalue weighted by Gasteiger charge is 2.34. The van der Waals surface area contributed by atoms with Crippen LogP contribution in [0.15, 0.2) is 0 Å². The summed E-state index contributed by atoms with van der Waals surface area (Å²) in [5.74, 6) is -0.334. The van der Waals surface area contributed by atoms with E-state index in [-0.39, 0.29) is 11.9 Å². The Morgan fingerprint density at radius 2 is 2.12 bits per heavy atom. The Morgan fingerprint density at radius 1 is 1.35 bits per heavy atom. The lowest BCUT2D eigenvalue weighted by Crippen LogP contribution is -2.41. The van der Waals surface area contributed by atoms with Gasteiger partial charge in [0.1, 0.15) is 6.04 Å². The molecule has 1 rings (SSSR count). The first-order chi connectivity index (χ1) is 8.20. The SMILES string of the molecule is CCCOCCC(=O)N1CCCC1C(=O)OC. The third-order valence-corrected chi connectivity index (χ3v) is 2.86. The Labute approximate surface area is 102 Å². The molecule has 0 aromatic rings. The summed E-state index contributed by atoms with van der Waals surface area (Å²) in [4.78, 5) is 24.9. The van der Waals surface area contributed by atoms with Gasteiger partial charge in [-0.25, -0.2) is 4.79 Å². The highest BCUT2D eigenvalue weighted by atomic mass is 16.5. The molecule has 1 heterocycles. The van der Waals surface area contributed by atoms with Crippen molar-refractivity contribution in [2.75, 3.05) is 26.9 Å². The predicted octanol–water partition coefficient (Wildman–Crippen LogP) is 0.967. The highest BCUT2D eigenvalue weighted by molar-refractivity contribution is 5.85. The third kappa shape index (κ3) is 4.00. The second kappa shape index (κ2) is 7.27. The number of hydrogen-bond donors (Lipinski definition) is 0. The van der Waals surface area contributed by atoms with E-state index in [9.17, 15) is 9.59 Å². The van der Waals surface area contributed by atoms with Crippen LogP contribution >= 0.6 is 0 Å². The molecule has 17 heavy (non-hydrogen) atoms. The summed E-state index contributed by atoms with van der Waals surface area (Å²) in [5, 5.41) is 0. The molecule has 5 heteroatoms. The summed E-state index contributed by atoms with van der Waals surface area (Å²) in [5.41, 5.74) is 0. The summed E-state index contributed by atoms with van der Waals surface area (Å²) >= 11 is 0. The van der Waals surface area contributed by atoms with E-state index >= 15 is 0 Å². The zero-order valence-electron chi connectivity index (χ0n) is 10.6. The molecule has 0 radical (unpaired) electrons. The maximum Gasteiger partial charge on any atom is 0.328 e. The molecule has 0 saturated carbocycles. The second-order valence-corrected chi connectivity index (χ2v) is 4.13. The van der Waals surface area contributed by atoms with Gasteiger partial charge in [-0.2, -0.15) is 0 Å². The zero-order chi connectivity index (χ0) is 12.7. The van der Waals surface area contributed by atoms with Crippen molar-refractivity contribution >= 4 is 11.9 Å². The van der Waals surface area contributed by atoms with Crippen LogP contribution in [0.1, 0.15) is 32.6 Å².